The van der Waals surface area contributed by atoms with Crippen molar-refractivity contribution in [2.75, 3.05) is 19.6 Å². The molecular formula is C17H32N2O5. The van der Waals surface area contributed by atoms with E-state index in [9.17, 15) is 14.7 Å². The van der Waals surface area contributed by atoms with Crippen LogP contribution in [-0.2, 0) is 9.47 Å². The average Bonchev–Trinajstić information content (AvgIpc) is 2.18. The van der Waals surface area contributed by atoms with E-state index in [1.54, 1.807) is 34.6 Å². The third-order valence-corrected chi connectivity index (χ3v) is 3.14. The minimum atomic E-state index is -1.05. The zero-order chi connectivity index (χ0) is 18.9. The molecular weight excluding hydrogens is 312 g/mol. The number of amides is 2. The summed E-state index contributed by atoms with van der Waals surface area (Å²) in [6.07, 6.45) is -0.885. The van der Waals surface area contributed by atoms with Gasteiger partial charge in [-0.3, -0.25) is 4.90 Å². The molecule has 0 aromatic rings. The zero-order valence-electron chi connectivity index (χ0n) is 16.2. The molecule has 140 valence electrons. The number of hydrogen-bond donors (Lipinski definition) is 1. The molecule has 7 heteroatoms. The highest BCUT2D eigenvalue weighted by atomic mass is 16.6. The van der Waals surface area contributed by atoms with E-state index in [-0.39, 0.29) is 12.6 Å². The smallest absolute Gasteiger partial charge is 0.410 e. The van der Waals surface area contributed by atoms with Gasteiger partial charge >= 0.3 is 12.2 Å². The van der Waals surface area contributed by atoms with Crippen LogP contribution in [0.5, 0.6) is 0 Å². The van der Waals surface area contributed by atoms with Crippen LogP contribution in [0.3, 0.4) is 0 Å². The van der Waals surface area contributed by atoms with Crippen molar-refractivity contribution in [1.82, 2.24) is 9.80 Å². The van der Waals surface area contributed by atoms with Gasteiger partial charge in [-0.05, 0) is 55.4 Å². The van der Waals surface area contributed by atoms with E-state index in [2.05, 4.69) is 0 Å². The molecule has 1 aliphatic rings. The normalized spacial score (nSPS) is 16.5. The predicted octanol–water partition coefficient (Wildman–Crippen LogP) is 2.61. The van der Waals surface area contributed by atoms with Gasteiger partial charge in [0.2, 0.25) is 0 Å². The van der Waals surface area contributed by atoms with Crippen LogP contribution in [-0.4, -0.2) is 69.6 Å². The first-order valence-corrected chi connectivity index (χ1v) is 8.27. The topological polar surface area (TPSA) is 79.3 Å². The summed E-state index contributed by atoms with van der Waals surface area (Å²) < 4.78 is 10.7. The molecule has 0 aromatic heterocycles. The largest absolute Gasteiger partial charge is 0.444 e. The lowest BCUT2D eigenvalue weighted by atomic mass is 10.0. The monoisotopic (exact) mass is 344 g/mol. The van der Waals surface area contributed by atoms with Crippen LogP contribution < -0.4 is 0 Å². The van der Waals surface area contributed by atoms with Crippen LogP contribution in [0.15, 0.2) is 0 Å². The molecule has 0 radical (unpaired) electrons. The minimum Gasteiger partial charge on any atom is -0.444 e. The van der Waals surface area contributed by atoms with Crippen molar-refractivity contribution >= 4 is 12.2 Å². The molecule has 1 fully saturated rings. The van der Waals surface area contributed by atoms with Gasteiger partial charge in [-0.1, -0.05) is 0 Å². The van der Waals surface area contributed by atoms with Crippen LogP contribution in [0.2, 0.25) is 0 Å². The summed E-state index contributed by atoms with van der Waals surface area (Å²) in [5, 5.41) is 10.1. The highest BCUT2D eigenvalue weighted by Gasteiger charge is 2.41. The lowest BCUT2D eigenvalue weighted by molar-refractivity contribution is -0.0489. The Morgan fingerprint density at radius 2 is 1.46 bits per heavy atom. The van der Waals surface area contributed by atoms with Gasteiger partial charge in [-0.15, -0.1) is 0 Å². The number of rotatable bonds is 3. The predicted molar refractivity (Wildman–Crippen MR) is 90.8 cm³/mol. The van der Waals surface area contributed by atoms with E-state index in [1.165, 1.54) is 9.80 Å². The van der Waals surface area contributed by atoms with Crippen LogP contribution in [0.4, 0.5) is 9.59 Å². The summed E-state index contributed by atoms with van der Waals surface area (Å²) >= 11 is 0. The van der Waals surface area contributed by atoms with Gasteiger partial charge < -0.3 is 19.5 Å². The summed E-state index contributed by atoms with van der Waals surface area (Å²) in [6.45, 7) is 14.9. The van der Waals surface area contributed by atoms with Gasteiger partial charge in [0.15, 0.2) is 0 Å². The molecule has 0 aliphatic carbocycles. The lowest BCUT2D eigenvalue weighted by Gasteiger charge is -2.46. The highest BCUT2D eigenvalue weighted by Crippen LogP contribution is 2.23. The van der Waals surface area contributed by atoms with E-state index >= 15 is 0 Å². The SMILES string of the molecule is CC(C)(O)CN(C(=O)OC(C)(C)C)C1CN(C(=O)OC(C)(C)C)C1. The van der Waals surface area contributed by atoms with Crippen molar-refractivity contribution in [3.8, 4) is 0 Å². The number of ether oxygens (including phenoxy) is 2. The highest BCUT2D eigenvalue weighted by molar-refractivity contribution is 5.72. The Kier molecular flexibility index (Phi) is 5.81. The van der Waals surface area contributed by atoms with Gasteiger partial charge in [0.1, 0.15) is 11.2 Å². The zero-order valence-corrected chi connectivity index (χ0v) is 16.2. The summed E-state index contributed by atoms with van der Waals surface area (Å²) in [5.41, 5.74) is -2.23. The Morgan fingerprint density at radius 3 is 1.83 bits per heavy atom. The molecule has 0 aromatic carbocycles. The Balaban J connectivity index is 2.71. The van der Waals surface area contributed by atoms with E-state index in [4.69, 9.17) is 9.47 Å². The molecule has 0 spiro atoms. The maximum Gasteiger partial charge on any atom is 0.410 e. The lowest BCUT2D eigenvalue weighted by Crippen LogP contribution is -2.64. The quantitative estimate of drug-likeness (QED) is 0.851. The first-order valence-electron chi connectivity index (χ1n) is 8.27. The fraction of sp³-hybridized carbons (Fsp3) is 0.882. The van der Waals surface area contributed by atoms with Crippen molar-refractivity contribution in [3.63, 3.8) is 0 Å². The molecule has 0 atom stereocenters. The van der Waals surface area contributed by atoms with Crippen molar-refractivity contribution in [1.29, 1.82) is 0 Å². The van der Waals surface area contributed by atoms with Crippen molar-refractivity contribution < 1.29 is 24.2 Å². The third kappa shape index (κ3) is 6.95. The van der Waals surface area contributed by atoms with Crippen molar-refractivity contribution in [2.45, 2.75) is 78.2 Å². The maximum absolute atomic E-state index is 12.4. The molecule has 0 bridgehead atoms. The molecule has 2 amide bonds. The van der Waals surface area contributed by atoms with Crippen molar-refractivity contribution in [3.05, 3.63) is 0 Å². The molecule has 1 N–H and O–H groups in total. The second-order valence-corrected chi connectivity index (χ2v) is 8.96. The van der Waals surface area contributed by atoms with Gasteiger partial charge in [-0.2, -0.15) is 0 Å². The molecule has 0 saturated carbocycles. The fourth-order valence-corrected chi connectivity index (χ4v) is 2.21. The summed E-state index contributed by atoms with van der Waals surface area (Å²) in [5.74, 6) is 0. The molecule has 1 heterocycles. The number of carbonyl (C=O) groups is 2. The van der Waals surface area contributed by atoms with Crippen LogP contribution in [0.1, 0.15) is 55.4 Å². The van der Waals surface area contributed by atoms with E-state index in [1.807, 2.05) is 20.8 Å². The van der Waals surface area contributed by atoms with Crippen LogP contribution in [0, 0.1) is 0 Å². The van der Waals surface area contributed by atoms with Gasteiger partial charge in [-0.25, -0.2) is 9.59 Å². The third-order valence-electron chi connectivity index (χ3n) is 3.14. The number of carbonyl (C=O) groups excluding carboxylic acids is 2. The molecule has 1 rings (SSSR count). The standard InChI is InChI=1S/C17H32N2O5/c1-15(2,3)23-13(20)18-9-12(10-18)19(11-17(7,8)22)14(21)24-16(4,5)6/h12,22H,9-11H2,1-8H3. The maximum atomic E-state index is 12.4. The number of likely N-dealkylation sites (tertiary alicyclic amines) is 1. The van der Waals surface area contributed by atoms with Crippen molar-refractivity contribution in [2.24, 2.45) is 0 Å². The van der Waals surface area contributed by atoms with E-state index in [0.717, 1.165) is 0 Å². The van der Waals surface area contributed by atoms with Crippen LogP contribution >= 0.6 is 0 Å². The molecule has 1 saturated heterocycles. The number of nitrogens with zero attached hydrogens (tertiary/aromatic N) is 2. The fourth-order valence-electron chi connectivity index (χ4n) is 2.21. The van der Waals surface area contributed by atoms with Gasteiger partial charge in [0.05, 0.1) is 18.2 Å². The second kappa shape index (κ2) is 6.78. The van der Waals surface area contributed by atoms with Gasteiger partial charge in [0.25, 0.3) is 0 Å². The Labute approximate surface area is 144 Å². The molecule has 0 unspecified atom stereocenters. The minimum absolute atomic E-state index is 0.134. The first kappa shape index (κ1) is 20.5. The molecule has 7 nitrogen and oxygen atoms in total. The summed E-state index contributed by atoms with van der Waals surface area (Å²) in [7, 11) is 0. The Bertz CT molecular complexity index is 465. The Morgan fingerprint density at radius 1 is 1.00 bits per heavy atom. The molecule has 24 heavy (non-hydrogen) atoms. The summed E-state index contributed by atoms with van der Waals surface area (Å²) in [6, 6.07) is -0.196. The van der Waals surface area contributed by atoms with E-state index < -0.39 is 29.0 Å². The number of aliphatic hydroxyl groups is 1. The first-order chi connectivity index (χ1) is 10.6. The Hall–Kier alpha value is -1.50. The second-order valence-electron chi connectivity index (χ2n) is 8.96. The number of hydrogen-bond acceptors (Lipinski definition) is 5. The van der Waals surface area contributed by atoms with E-state index in [0.29, 0.717) is 13.1 Å². The van der Waals surface area contributed by atoms with Crippen LogP contribution in [0.25, 0.3) is 0 Å². The molecule has 1 aliphatic heterocycles. The van der Waals surface area contributed by atoms with Gasteiger partial charge in [0, 0.05) is 13.1 Å². The summed E-state index contributed by atoms with van der Waals surface area (Å²) in [4.78, 5) is 27.5. The average molecular weight is 344 g/mol.